The third-order valence-electron chi connectivity index (χ3n) is 3.18. The van der Waals surface area contributed by atoms with Crippen molar-refractivity contribution in [3.05, 3.63) is 40.7 Å². The molecule has 1 aromatic heterocycles. The molecule has 6 heteroatoms. The number of benzene rings is 1. The molecule has 0 spiro atoms. The van der Waals surface area contributed by atoms with Crippen molar-refractivity contribution in [2.75, 3.05) is 5.32 Å². The molecule has 2 aromatic rings. The van der Waals surface area contributed by atoms with Crippen LogP contribution in [0.1, 0.15) is 26.2 Å². The lowest BCUT2D eigenvalue weighted by Crippen LogP contribution is -2.26. The number of hydrogen-bond acceptors (Lipinski definition) is 3. The largest absolute Gasteiger partial charge is 0.327 e. The molecule has 112 valence electrons. The Morgan fingerprint density at radius 3 is 2.57 bits per heavy atom. The molecule has 0 aliphatic rings. The molecule has 2 rings (SSSR count). The number of nitrogens with two attached hydrogens (primary N) is 1. The molecule has 1 aromatic carbocycles. The van der Waals surface area contributed by atoms with Gasteiger partial charge in [0.05, 0.1) is 5.69 Å². The molecular weight excluding hydrogens is 268 g/mol. The van der Waals surface area contributed by atoms with E-state index in [1.807, 2.05) is 19.1 Å². The molecule has 0 saturated carbocycles. The van der Waals surface area contributed by atoms with Crippen LogP contribution in [0.25, 0.3) is 11.3 Å². The fraction of sp³-hybridized carbons (Fsp3) is 0.333. The Hall–Kier alpha value is -2.34. The number of carbonyl (C=O) groups is 1. The Labute approximate surface area is 122 Å². The highest BCUT2D eigenvalue weighted by Crippen LogP contribution is 2.18. The van der Waals surface area contributed by atoms with Gasteiger partial charge in [0.2, 0.25) is 5.91 Å². The lowest BCUT2D eigenvalue weighted by Gasteiger charge is -2.10. The van der Waals surface area contributed by atoms with Crippen LogP contribution in [0, 0.1) is 0 Å². The van der Waals surface area contributed by atoms with Gasteiger partial charge in [-0.1, -0.05) is 25.5 Å². The molecule has 5 N–H and O–H groups in total. The number of aromatic amines is 2. The van der Waals surface area contributed by atoms with Crippen molar-refractivity contribution in [2.24, 2.45) is 5.73 Å². The molecule has 0 fully saturated rings. The van der Waals surface area contributed by atoms with E-state index < -0.39 is 0 Å². The van der Waals surface area contributed by atoms with Crippen LogP contribution in [0.4, 0.5) is 5.69 Å². The normalized spacial score (nSPS) is 12.1. The number of anilines is 1. The highest BCUT2D eigenvalue weighted by Gasteiger charge is 2.09. The number of H-pyrrole nitrogens is 2. The summed E-state index contributed by atoms with van der Waals surface area (Å²) in [5.74, 6) is -0.0845. The maximum absolute atomic E-state index is 11.8. The summed E-state index contributed by atoms with van der Waals surface area (Å²) in [7, 11) is 0. The van der Waals surface area contributed by atoms with Gasteiger partial charge in [0.25, 0.3) is 5.56 Å². The molecule has 1 unspecified atom stereocenters. The predicted octanol–water partition coefficient (Wildman–Crippen LogP) is 1.83. The first-order valence-corrected chi connectivity index (χ1v) is 7.02. The maximum atomic E-state index is 11.8. The molecule has 1 amide bonds. The highest BCUT2D eigenvalue weighted by molar-refractivity contribution is 5.91. The molecule has 1 heterocycles. The van der Waals surface area contributed by atoms with E-state index in [2.05, 4.69) is 15.5 Å². The number of hydrogen-bond donors (Lipinski definition) is 4. The Bertz CT molecular complexity index is 642. The van der Waals surface area contributed by atoms with Crippen molar-refractivity contribution in [1.29, 1.82) is 0 Å². The number of aromatic nitrogens is 2. The fourth-order valence-electron chi connectivity index (χ4n) is 2.14. The second-order valence-corrected chi connectivity index (χ2v) is 5.05. The fourth-order valence-corrected chi connectivity index (χ4v) is 2.14. The average molecular weight is 288 g/mol. The van der Waals surface area contributed by atoms with E-state index >= 15 is 0 Å². The molecule has 1 atom stereocenters. The molecular formula is C15H20N4O2. The van der Waals surface area contributed by atoms with Gasteiger partial charge in [-0.05, 0) is 24.1 Å². The number of amides is 1. The first-order chi connectivity index (χ1) is 10.1. The summed E-state index contributed by atoms with van der Waals surface area (Å²) < 4.78 is 0. The summed E-state index contributed by atoms with van der Waals surface area (Å²) in [6, 6.07) is 8.64. The first-order valence-electron chi connectivity index (χ1n) is 7.02. The average Bonchev–Trinajstić information content (AvgIpc) is 2.86. The third-order valence-corrected chi connectivity index (χ3v) is 3.18. The van der Waals surface area contributed by atoms with Crippen molar-refractivity contribution < 1.29 is 4.79 Å². The summed E-state index contributed by atoms with van der Waals surface area (Å²) in [6.07, 6.45) is 2.13. The molecule has 0 saturated heterocycles. The van der Waals surface area contributed by atoms with Crippen LogP contribution in [-0.2, 0) is 4.79 Å². The van der Waals surface area contributed by atoms with Gasteiger partial charge < -0.3 is 11.1 Å². The van der Waals surface area contributed by atoms with Gasteiger partial charge in [-0.15, -0.1) is 0 Å². The minimum Gasteiger partial charge on any atom is -0.327 e. The summed E-state index contributed by atoms with van der Waals surface area (Å²) >= 11 is 0. The van der Waals surface area contributed by atoms with Gasteiger partial charge in [-0.3, -0.25) is 19.8 Å². The predicted molar refractivity (Wildman–Crippen MR) is 83.0 cm³/mol. The minimum atomic E-state index is -0.174. The minimum absolute atomic E-state index is 0.0845. The molecule has 6 nitrogen and oxygen atoms in total. The van der Waals surface area contributed by atoms with Crippen molar-refractivity contribution >= 4 is 11.6 Å². The van der Waals surface area contributed by atoms with Gasteiger partial charge >= 0.3 is 0 Å². The molecule has 21 heavy (non-hydrogen) atoms. The van der Waals surface area contributed by atoms with Crippen molar-refractivity contribution in [3.8, 4) is 11.3 Å². The van der Waals surface area contributed by atoms with E-state index in [0.717, 1.165) is 18.4 Å². The SMILES string of the molecule is CCCC(N)CC(=O)Nc1ccc(-c2cc(=O)[nH][nH]2)cc1. The number of rotatable bonds is 6. The van der Waals surface area contributed by atoms with E-state index in [4.69, 9.17) is 5.73 Å². The van der Waals surface area contributed by atoms with E-state index in [1.165, 1.54) is 6.07 Å². The summed E-state index contributed by atoms with van der Waals surface area (Å²) in [4.78, 5) is 22.9. The second kappa shape index (κ2) is 6.90. The number of nitrogens with one attached hydrogen (secondary N) is 3. The summed E-state index contributed by atoms with van der Waals surface area (Å²) in [6.45, 7) is 2.04. The third kappa shape index (κ3) is 4.32. The summed E-state index contributed by atoms with van der Waals surface area (Å²) in [5, 5.41) is 8.08. The smallest absolute Gasteiger partial charge is 0.264 e. The Kier molecular flexibility index (Phi) is 4.94. The van der Waals surface area contributed by atoms with Gasteiger partial charge in [0.1, 0.15) is 0 Å². The monoisotopic (exact) mass is 288 g/mol. The van der Waals surface area contributed by atoms with Crippen LogP contribution in [0.5, 0.6) is 0 Å². The van der Waals surface area contributed by atoms with Gasteiger partial charge in [0.15, 0.2) is 0 Å². The van der Waals surface area contributed by atoms with Crippen LogP contribution in [-0.4, -0.2) is 22.1 Å². The van der Waals surface area contributed by atoms with Crippen LogP contribution < -0.4 is 16.6 Å². The van der Waals surface area contributed by atoms with Crippen LogP contribution >= 0.6 is 0 Å². The first kappa shape index (κ1) is 15.1. The lowest BCUT2D eigenvalue weighted by atomic mass is 10.1. The van der Waals surface area contributed by atoms with Crippen LogP contribution in [0.3, 0.4) is 0 Å². The zero-order valence-corrected chi connectivity index (χ0v) is 12.0. The Morgan fingerprint density at radius 2 is 2.00 bits per heavy atom. The van der Waals surface area contributed by atoms with E-state index in [-0.39, 0.29) is 17.5 Å². The zero-order valence-electron chi connectivity index (χ0n) is 12.0. The molecule has 0 radical (unpaired) electrons. The zero-order chi connectivity index (χ0) is 15.2. The van der Waals surface area contributed by atoms with E-state index in [1.54, 1.807) is 12.1 Å². The Morgan fingerprint density at radius 1 is 1.29 bits per heavy atom. The van der Waals surface area contributed by atoms with Gasteiger partial charge in [0, 0.05) is 24.2 Å². The van der Waals surface area contributed by atoms with Crippen LogP contribution in [0.15, 0.2) is 35.1 Å². The maximum Gasteiger partial charge on any atom is 0.264 e. The van der Waals surface area contributed by atoms with E-state index in [9.17, 15) is 9.59 Å². The molecule has 0 aliphatic heterocycles. The lowest BCUT2D eigenvalue weighted by molar-refractivity contribution is -0.116. The van der Waals surface area contributed by atoms with Crippen LogP contribution in [0.2, 0.25) is 0 Å². The quantitative estimate of drug-likeness (QED) is 0.651. The van der Waals surface area contributed by atoms with Gasteiger partial charge in [-0.2, -0.15) is 0 Å². The molecule has 0 aliphatic carbocycles. The molecule has 0 bridgehead atoms. The van der Waals surface area contributed by atoms with Crippen molar-refractivity contribution in [2.45, 2.75) is 32.2 Å². The highest BCUT2D eigenvalue weighted by atomic mass is 16.1. The number of carbonyl (C=O) groups excluding carboxylic acids is 1. The Balaban J connectivity index is 1.96. The van der Waals surface area contributed by atoms with Gasteiger partial charge in [-0.25, -0.2) is 0 Å². The topological polar surface area (TPSA) is 104 Å². The van der Waals surface area contributed by atoms with Crippen molar-refractivity contribution in [1.82, 2.24) is 10.2 Å². The second-order valence-electron chi connectivity index (χ2n) is 5.05. The standard InChI is InChI=1S/C15H20N4O2/c1-2-3-11(16)8-14(20)17-12-6-4-10(5-7-12)13-9-15(21)19-18-13/h4-7,9,11H,2-3,8,16H2,1H3,(H,17,20)(H2,18,19,21). The summed E-state index contributed by atoms with van der Waals surface area (Å²) in [5.41, 5.74) is 7.96. The van der Waals surface area contributed by atoms with Crippen molar-refractivity contribution in [3.63, 3.8) is 0 Å². The van der Waals surface area contributed by atoms with E-state index in [0.29, 0.717) is 17.8 Å².